The van der Waals surface area contributed by atoms with Crippen LogP contribution in [0.3, 0.4) is 0 Å². The number of hydrogen-bond acceptors (Lipinski definition) is 9. The summed E-state index contributed by atoms with van der Waals surface area (Å²) < 4.78 is 30.9. The van der Waals surface area contributed by atoms with Gasteiger partial charge in [-0.25, -0.2) is 4.79 Å². The summed E-state index contributed by atoms with van der Waals surface area (Å²) in [4.78, 5) is 50.8. The zero-order chi connectivity index (χ0) is 27.8. The molecule has 4 rings (SSSR count). The first-order chi connectivity index (χ1) is 18.8. The van der Waals surface area contributed by atoms with Gasteiger partial charge >= 0.3 is 17.6 Å². The van der Waals surface area contributed by atoms with E-state index in [9.17, 15) is 19.2 Å². The summed E-state index contributed by atoms with van der Waals surface area (Å²) in [6.45, 7) is 2.32. The first-order valence-electron chi connectivity index (χ1n) is 12.3. The van der Waals surface area contributed by atoms with Gasteiger partial charge in [0, 0.05) is 26.1 Å². The zero-order valence-electron chi connectivity index (χ0n) is 21.6. The fourth-order valence-electron chi connectivity index (χ4n) is 4.40. The summed E-state index contributed by atoms with van der Waals surface area (Å²) in [5.41, 5.74) is -1.15. The van der Waals surface area contributed by atoms with Crippen LogP contribution in [0.25, 0.3) is 0 Å². The molecular formula is C28H30N2O9. The summed E-state index contributed by atoms with van der Waals surface area (Å²) >= 11 is 0. The van der Waals surface area contributed by atoms with Crippen molar-refractivity contribution in [2.24, 2.45) is 0 Å². The molecule has 1 aromatic heterocycles. The molecule has 3 aromatic rings. The fraction of sp³-hybridized carbons (Fsp3) is 0.357. The van der Waals surface area contributed by atoms with Gasteiger partial charge in [0.25, 0.3) is 5.56 Å². The van der Waals surface area contributed by atoms with Crippen LogP contribution in [-0.2, 0) is 46.5 Å². The Morgan fingerprint density at radius 1 is 0.897 bits per heavy atom. The molecule has 39 heavy (non-hydrogen) atoms. The van der Waals surface area contributed by atoms with Crippen LogP contribution >= 0.6 is 0 Å². The van der Waals surface area contributed by atoms with Crippen LogP contribution in [0, 0.1) is 0 Å². The quantitative estimate of drug-likeness (QED) is 0.364. The molecule has 0 amide bonds. The number of ether oxygens (including phenoxy) is 5. The Labute approximate surface area is 224 Å². The number of aromatic nitrogens is 2. The minimum Gasteiger partial charge on any atom is -0.463 e. The third kappa shape index (κ3) is 7.08. The van der Waals surface area contributed by atoms with E-state index in [0.29, 0.717) is 0 Å². The molecule has 0 bridgehead atoms. The molecule has 0 aliphatic carbocycles. The van der Waals surface area contributed by atoms with Crippen LogP contribution in [0.1, 0.15) is 31.2 Å². The van der Waals surface area contributed by atoms with Crippen molar-refractivity contribution in [3.63, 3.8) is 0 Å². The SMILES string of the molecule is CC(=O)OC[C@]1(COCc2ccccc2)OC(n2ccc(=O)[nH]c2=O)[C@H](OC(C)=O)[C@@H]1OCc1ccccc1. The average Bonchev–Trinajstić information content (AvgIpc) is 3.19. The predicted molar refractivity (Wildman–Crippen MR) is 137 cm³/mol. The molecule has 1 fully saturated rings. The number of carbonyl (C=O) groups excluding carboxylic acids is 2. The van der Waals surface area contributed by atoms with Crippen LogP contribution in [0.15, 0.2) is 82.5 Å². The maximum absolute atomic E-state index is 12.8. The first kappa shape index (κ1) is 28.0. The number of carbonyl (C=O) groups is 2. The van der Waals surface area contributed by atoms with Crippen molar-refractivity contribution in [3.05, 3.63) is 105 Å². The Morgan fingerprint density at radius 3 is 2.13 bits per heavy atom. The van der Waals surface area contributed by atoms with Gasteiger partial charge in [0.05, 0.1) is 19.8 Å². The van der Waals surface area contributed by atoms with E-state index >= 15 is 0 Å². The minimum atomic E-state index is -1.49. The molecule has 1 unspecified atom stereocenters. The van der Waals surface area contributed by atoms with Crippen LogP contribution in [0.4, 0.5) is 0 Å². The highest BCUT2D eigenvalue weighted by molar-refractivity contribution is 5.66. The lowest BCUT2D eigenvalue weighted by Crippen LogP contribution is -2.53. The number of benzene rings is 2. The highest BCUT2D eigenvalue weighted by Gasteiger charge is 2.59. The molecule has 2 aromatic carbocycles. The van der Waals surface area contributed by atoms with Crippen molar-refractivity contribution >= 4 is 11.9 Å². The van der Waals surface area contributed by atoms with Crippen molar-refractivity contribution in [2.75, 3.05) is 13.2 Å². The highest BCUT2D eigenvalue weighted by Crippen LogP contribution is 2.41. The van der Waals surface area contributed by atoms with Gasteiger partial charge in [-0.05, 0) is 11.1 Å². The molecule has 0 radical (unpaired) electrons. The standard InChI is InChI=1S/C28H30N2O9/c1-19(31)37-18-28(17-35-15-21-9-5-3-6-10-21)25(36-16-22-11-7-4-8-12-22)24(38-20(2)32)26(39-28)30-14-13-23(33)29-27(30)34/h3-14,24-26H,15-18H2,1-2H3,(H,29,33,34)/t24-,25+,26?,28+/m1/s1. The van der Waals surface area contributed by atoms with Crippen molar-refractivity contribution in [1.82, 2.24) is 9.55 Å². The number of hydrogen-bond donors (Lipinski definition) is 1. The van der Waals surface area contributed by atoms with E-state index in [2.05, 4.69) is 4.98 Å². The molecule has 0 spiro atoms. The van der Waals surface area contributed by atoms with E-state index in [1.54, 1.807) is 0 Å². The predicted octanol–water partition coefficient (Wildman–Crippen LogP) is 2.10. The lowest BCUT2D eigenvalue weighted by atomic mass is 9.96. The second kappa shape index (κ2) is 12.7. The van der Waals surface area contributed by atoms with Crippen LogP contribution in [-0.4, -0.2) is 52.5 Å². The van der Waals surface area contributed by atoms with Gasteiger partial charge in [-0.2, -0.15) is 0 Å². The number of nitrogens with one attached hydrogen (secondary N) is 1. The summed E-state index contributed by atoms with van der Waals surface area (Å²) in [7, 11) is 0. The summed E-state index contributed by atoms with van der Waals surface area (Å²) in [5.74, 6) is -1.22. The normalized spacial score (nSPS) is 22.4. The third-order valence-electron chi connectivity index (χ3n) is 6.13. The lowest BCUT2D eigenvalue weighted by molar-refractivity contribution is -0.189. The molecular weight excluding hydrogens is 508 g/mol. The second-order valence-electron chi connectivity index (χ2n) is 9.14. The molecule has 1 aliphatic heterocycles. The van der Waals surface area contributed by atoms with Crippen molar-refractivity contribution in [3.8, 4) is 0 Å². The molecule has 11 nitrogen and oxygen atoms in total. The van der Waals surface area contributed by atoms with Crippen LogP contribution in [0.2, 0.25) is 0 Å². The Hall–Kier alpha value is -4.06. The maximum Gasteiger partial charge on any atom is 0.330 e. The van der Waals surface area contributed by atoms with Gasteiger partial charge in [-0.3, -0.25) is 23.9 Å². The fourth-order valence-corrected chi connectivity index (χ4v) is 4.40. The second-order valence-corrected chi connectivity index (χ2v) is 9.14. The smallest absolute Gasteiger partial charge is 0.330 e. The molecule has 0 saturated carbocycles. The van der Waals surface area contributed by atoms with Gasteiger partial charge in [0.1, 0.15) is 12.7 Å². The molecule has 2 heterocycles. The Bertz CT molecular complexity index is 1370. The van der Waals surface area contributed by atoms with Gasteiger partial charge in [-0.1, -0.05) is 60.7 Å². The first-order valence-corrected chi connectivity index (χ1v) is 12.3. The van der Waals surface area contributed by atoms with E-state index in [1.165, 1.54) is 20.0 Å². The Morgan fingerprint density at radius 2 is 1.54 bits per heavy atom. The molecule has 4 atom stereocenters. The summed E-state index contributed by atoms with van der Waals surface area (Å²) in [6, 6.07) is 19.9. The molecule has 1 saturated heterocycles. The summed E-state index contributed by atoms with van der Waals surface area (Å²) in [5, 5.41) is 0. The van der Waals surface area contributed by atoms with E-state index in [0.717, 1.165) is 21.8 Å². The Balaban J connectivity index is 1.74. The number of rotatable bonds is 11. The average molecular weight is 539 g/mol. The molecule has 1 aliphatic rings. The number of esters is 2. The van der Waals surface area contributed by atoms with Crippen LogP contribution in [0.5, 0.6) is 0 Å². The third-order valence-corrected chi connectivity index (χ3v) is 6.13. The monoisotopic (exact) mass is 538 g/mol. The topological polar surface area (TPSA) is 135 Å². The van der Waals surface area contributed by atoms with E-state index < -0.39 is 47.2 Å². The number of nitrogens with zero attached hydrogens (tertiary/aromatic N) is 1. The van der Waals surface area contributed by atoms with Gasteiger partial charge in [0.15, 0.2) is 17.9 Å². The minimum absolute atomic E-state index is 0.0976. The lowest BCUT2D eigenvalue weighted by Gasteiger charge is -2.34. The van der Waals surface area contributed by atoms with Crippen molar-refractivity contribution < 1.29 is 33.3 Å². The van der Waals surface area contributed by atoms with Gasteiger partial charge < -0.3 is 23.7 Å². The van der Waals surface area contributed by atoms with Gasteiger partial charge in [-0.15, -0.1) is 0 Å². The Kier molecular flexibility index (Phi) is 9.07. The highest BCUT2D eigenvalue weighted by atomic mass is 16.7. The summed E-state index contributed by atoms with van der Waals surface area (Å²) in [6.07, 6.45) is -2.19. The van der Waals surface area contributed by atoms with Crippen molar-refractivity contribution in [1.29, 1.82) is 0 Å². The maximum atomic E-state index is 12.8. The van der Waals surface area contributed by atoms with E-state index in [-0.39, 0.29) is 26.4 Å². The zero-order valence-corrected chi connectivity index (χ0v) is 21.6. The van der Waals surface area contributed by atoms with E-state index in [4.69, 9.17) is 23.7 Å². The van der Waals surface area contributed by atoms with Crippen LogP contribution < -0.4 is 11.2 Å². The largest absolute Gasteiger partial charge is 0.463 e. The molecule has 11 heteroatoms. The van der Waals surface area contributed by atoms with Gasteiger partial charge in [0.2, 0.25) is 0 Å². The molecule has 206 valence electrons. The number of H-pyrrole nitrogens is 1. The molecule has 1 N–H and O–H groups in total. The van der Waals surface area contributed by atoms with E-state index in [1.807, 2.05) is 60.7 Å². The van der Waals surface area contributed by atoms with Crippen molar-refractivity contribution in [2.45, 2.75) is 51.1 Å². The number of aromatic amines is 1.